The molecule has 5 aliphatic heterocycles. The van der Waals surface area contributed by atoms with Crippen LogP contribution in [0, 0.1) is 38.0 Å². The van der Waals surface area contributed by atoms with Crippen LogP contribution in [0.3, 0.4) is 0 Å². The maximum atomic E-state index is 15.5. The number of H-pyrrole nitrogens is 3. The molecule has 0 saturated carbocycles. The average molecular weight is 1620 g/mol. The van der Waals surface area contributed by atoms with Gasteiger partial charge >= 0.3 is 23.9 Å². The van der Waals surface area contributed by atoms with Crippen LogP contribution < -0.4 is 44.9 Å². The molecule has 8 rings (SSSR count). The predicted molar refractivity (Wildman–Crippen MR) is 363 cm³/mol. The summed E-state index contributed by atoms with van der Waals surface area (Å²) in [5.74, 6) is -20.8. The number of nitrogens with zero attached hydrogens (tertiary/aromatic N) is 4. The lowest BCUT2D eigenvalue weighted by atomic mass is 10.1. The van der Waals surface area contributed by atoms with Crippen LogP contribution in [0.15, 0.2) is 57.1 Å². The fourth-order valence-corrected chi connectivity index (χ4v) is 9.99. The summed E-state index contributed by atoms with van der Waals surface area (Å²) in [6.45, 7) is 4.00. The molecule has 0 bridgehead atoms. The monoisotopic (exact) mass is 1620 g/mol. The van der Waals surface area contributed by atoms with Crippen LogP contribution in [-0.2, 0) is 81.7 Å². The van der Waals surface area contributed by atoms with Crippen LogP contribution in [0.25, 0.3) is 0 Å². The molecular weight excluding hydrogens is 1520 g/mol. The van der Waals surface area contributed by atoms with E-state index in [2.05, 4.69) is 36.3 Å². The Hall–Kier alpha value is -7.15. The molecule has 0 aliphatic carbocycles. The Labute approximate surface area is 633 Å². The van der Waals surface area contributed by atoms with Crippen LogP contribution in [-0.4, -0.2) is 260 Å². The van der Waals surface area contributed by atoms with Gasteiger partial charge in [-0.05, 0) is 60.3 Å². The molecule has 5 aliphatic rings. The third-order valence-corrected chi connectivity index (χ3v) is 17.3. The van der Waals surface area contributed by atoms with Crippen LogP contribution in [0.1, 0.15) is 99.0 Å². The quantitative estimate of drug-likeness (QED) is 0.0172. The molecule has 108 heavy (non-hydrogen) atoms. The normalized spacial score (nSPS) is 32.4. The number of aliphatic hydroxyl groups is 12. The van der Waals surface area contributed by atoms with Crippen molar-refractivity contribution in [2.24, 2.45) is 46.6 Å². The van der Waals surface area contributed by atoms with Crippen molar-refractivity contribution < 1.29 is 149 Å². The molecule has 47 heteroatoms. The second-order valence-corrected chi connectivity index (χ2v) is 26.9. The Morgan fingerprint density at radius 3 is 1.18 bits per heavy atom. The van der Waals surface area contributed by atoms with Crippen molar-refractivity contribution in [1.29, 1.82) is 0 Å². The van der Waals surface area contributed by atoms with Gasteiger partial charge in [0.1, 0.15) is 78.8 Å². The van der Waals surface area contributed by atoms with Crippen LogP contribution in [0.5, 0.6) is 0 Å². The molecule has 40 nitrogen and oxygen atoms in total. The van der Waals surface area contributed by atoms with Crippen molar-refractivity contribution in [2.75, 3.05) is 32.9 Å². The SMILES string of the molecule is CC(C)[C@H](N)C(=O)OC[C@@]1(F)O[C@@H](n2cc(CO)c(=O)[nH]c2=S)[C@H](O)[C@@H]1O.[2H]C([2H])(OC(=O)[C@@H](N)C(C)C)[C@@]1(F)O[C@@H](n2cc(CO)c(=O)[nH]c2=S)[C@H](O)[C@@H]1O.[2H]C([2H])(OC(=O)[C@@H](N)C(C)C)[C@@]1(F)O[C@@]([2H])(N2C=C(CO)C(=O)NC2=C)[C@H](O)[C@@H]1O.[2H][C@@]1(n2cc(CO)c(=O)[nH]c2=S)O[C@](F)(COC(=O)[C@@H](N)C(C)C)[C@@H](O)[C@H]1O. The number of rotatable bonds is 24. The molecule has 3 aromatic heterocycles. The zero-order valence-corrected chi connectivity index (χ0v) is 60.8. The topological polar surface area (TPSA) is 635 Å². The van der Waals surface area contributed by atoms with Gasteiger partial charge in [-0.1, -0.05) is 62.0 Å². The van der Waals surface area contributed by atoms with Gasteiger partial charge in [0, 0.05) is 24.8 Å². The first-order valence-corrected chi connectivity index (χ1v) is 33.2. The number of amides is 1. The van der Waals surface area contributed by atoms with Crippen molar-refractivity contribution in [2.45, 2.75) is 196 Å². The van der Waals surface area contributed by atoms with Crippen molar-refractivity contribution in [3.05, 3.63) is 105 Å². The van der Waals surface area contributed by atoms with Gasteiger partial charge in [-0.3, -0.25) is 67.0 Å². The smallest absolute Gasteiger partial charge is 0.323 e. The Morgan fingerprint density at radius 1 is 0.509 bits per heavy atom. The lowest BCUT2D eigenvalue weighted by molar-refractivity contribution is -0.219. The van der Waals surface area contributed by atoms with E-state index in [0.29, 0.717) is 9.47 Å². The fourth-order valence-electron chi connectivity index (χ4n) is 9.26. The zero-order chi connectivity index (χ0) is 87.5. The number of aliphatic hydroxyl groups excluding tert-OH is 12. The second-order valence-electron chi connectivity index (χ2n) is 25.7. The van der Waals surface area contributed by atoms with E-state index in [1.807, 2.05) is 0 Å². The summed E-state index contributed by atoms with van der Waals surface area (Å²) in [6, 6.07) is -4.63. The van der Waals surface area contributed by atoms with Gasteiger partial charge in [-0.2, -0.15) is 0 Å². The Morgan fingerprint density at radius 2 is 0.806 bits per heavy atom. The van der Waals surface area contributed by atoms with E-state index in [-0.39, 0.29) is 49.5 Å². The summed E-state index contributed by atoms with van der Waals surface area (Å²) in [6.07, 6.45) is -23.3. The number of ether oxygens (including phenoxy) is 8. The molecule has 608 valence electrons. The van der Waals surface area contributed by atoms with Gasteiger partial charge in [-0.15, -0.1) is 0 Å². The number of alkyl halides is 4. The summed E-state index contributed by atoms with van der Waals surface area (Å²) in [5, 5.41) is 120. The third kappa shape index (κ3) is 20.9. The molecule has 0 unspecified atom stereocenters. The van der Waals surface area contributed by atoms with E-state index in [0.717, 1.165) is 33.9 Å². The highest BCUT2D eigenvalue weighted by Gasteiger charge is 2.61. The van der Waals surface area contributed by atoms with E-state index in [1.54, 1.807) is 41.5 Å². The molecular formula is C61H90F4N12O28S3. The molecule has 1 amide bonds. The maximum Gasteiger partial charge on any atom is 0.323 e. The van der Waals surface area contributed by atoms with Gasteiger partial charge in [0.05, 0.1) is 56.9 Å². The minimum Gasteiger partial charge on any atom is -0.458 e. The minimum atomic E-state index is -3.91. The molecule has 0 radical (unpaired) electrons. The van der Waals surface area contributed by atoms with Gasteiger partial charge in [0.15, 0.2) is 65.5 Å². The molecule has 4 saturated heterocycles. The minimum absolute atomic E-state index is 0.111. The van der Waals surface area contributed by atoms with Crippen molar-refractivity contribution in [3.8, 4) is 0 Å². The highest BCUT2D eigenvalue weighted by atomic mass is 32.1. The van der Waals surface area contributed by atoms with Crippen LogP contribution in [0.4, 0.5) is 17.6 Å². The number of aromatic nitrogens is 6. The summed E-state index contributed by atoms with van der Waals surface area (Å²) < 4.78 is 149. The van der Waals surface area contributed by atoms with Gasteiger partial charge in [0.2, 0.25) is 0 Å². The highest BCUT2D eigenvalue weighted by molar-refractivity contribution is 7.71. The van der Waals surface area contributed by atoms with Crippen molar-refractivity contribution in [1.82, 2.24) is 38.9 Å². The number of carbonyl (C=O) groups excluding carboxylic acids is 5. The Balaban J connectivity index is 0.000000272. The number of nitrogens with two attached hydrogens (primary N) is 4. The number of nitrogens with one attached hydrogen (secondary N) is 4. The van der Waals surface area contributed by atoms with Gasteiger partial charge in [0.25, 0.3) is 46.0 Å². The fraction of sp³-hybridized carbons (Fsp3) is 0.656. The van der Waals surface area contributed by atoms with E-state index < -0.39 is 237 Å². The second kappa shape index (κ2) is 37.7. The first-order valence-electron chi connectivity index (χ1n) is 35.0. The first kappa shape index (κ1) is 81.8. The summed E-state index contributed by atoms with van der Waals surface area (Å²) >= 11 is 14.8. The van der Waals surface area contributed by atoms with E-state index in [4.69, 9.17) is 96.2 Å². The largest absolute Gasteiger partial charge is 0.458 e. The van der Waals surface area contributed by atoms with Crippen molar-refractivity contribution in [3.63, 3.8) is 0 Å². The Bertz CT molecular complexity index is 4450. The number of aromatic amines is 3. The standard InChI is InChI=1S/C16H24FN3O7.3C15H22FN3O7S/c1-7(2)10(18)15(25)26-6-16(17)12(23)11(22)14(27-16)20-4-9(5-21)13(24)19-8(20)3;3*1-6(2)8(17)13(24)25-5-15(16)10(22)9(21)12(26-15)19-3-7(4-20)11(23)18-14(19)27/h4,7,10-12,14,21-23H,3,5-6,18H2,1-2H3,(H,19,24);3*3,6,8-10,12,20-22H,4-5,17H2,1-2H3,(H,18,23,27)/t10-,11+,12-,14+,16+;3*8-,9+,10-,12+,15+/m0000/s1/i6D2,14D;12D;5D2;. The van der Waals surface area contributed by atoms with Crippen LogP contribution in [0.2, 0.25) is 0 Å². The summed E-state index contributed by atoms with van der Waals surface area (Å²) in [5.41, 5.74) is 19.3. The molecule has 4 fully saturated rings. The number of halogens is 4. The molecule has 0 aromatic carbocycles. The first-order chi connectivity index (χ1) is 52.3. The van der Waals surface area contributed by atoms with Crippen molar-refractivity contribution >= 4 is 66.4 Å². The number of carbonyl (C=O) groups is 5. The zero-order valence-electron chi connectivity index (χ0n) is 64.4. The summed E-state index contributed by atoms with van der Waals surface area (Å²) in [7, 11) is 0. The van der Waals surface area contributed by atoms with E-state index in [1.165, 1.54) is 13.8 Å². The van der Waals surface area contributed by atoms with Gasteiger partial charge < -0.3 is 132 Å². The van der Waals surface area contributed by atoms with E-state index in [9.17, 15) is 104 Å². The lowest BCUT2D eigenvalue weighted by Crippen LogP contribution is -2.48. The number of hydrogen-bond donors (Lipinski definition) is 20. The molecule has 3 aromatic rings. The molecule has 8 heterocycles. The Kier molecular flexibility index (Phi) is 28.6. The highest BCUT2D eigenvalue weighted by Crippen LogP contribution is 2.42. The maximum absolute atomic E-state index is 15.5. The molecule has 20 atom stereocenters. The predicted octanol–water partition coefficient (Wildman–Crippen LogP) is -5.44. The average Bonchev–Trinajstić information content (AvgIpc) is 1.49. The number of hydrogen-bond acceptors (Lipinski definition) is 36. The molecule has 24 N–H and O–H groups in total. The van der Waals surface area contributed by atoms with Crippen LogP contribution >= 0.6 is 36.7 Å². The van der Waals surface area contributed by atoms with Gasteiger partial charge in [-0.25, -0.2) is 17.6 Å². The number of esters is 4. The summed E-state index contributed by atoms with van der Waals surface area (Å²) in [4.78, 5) is 101. The molecule has 0 spiro atoms. The third-order valence-electron chi connectivity index (χ3n) is 16.4. The van der Waals surface area contributed by atoms with E-state index >= 15 is 13.2 Å². The lowest BCUT2D eigenvalue weighted by Gasteiger charge is -2.34.